The van der Waals surface area contributed by atoms with Gasteiger partial charge in [0, 0.05) is 44.6 Å². The molecule has 4 nitrogen and oxygen atoms in total. The van der Waals surface area contributed by atoms with Crippen LogP contribution in [0.15, 0.2) is 151 Å². The quantitative estimate of drug-likeness (QED) is 0.125. The van der Waals surface area contributed by atoms with Crippen molar-refractivity contribution in [3.05, 3.63) is 174 Å². The van der Waals surface area contributed by atoms with Crippen molar-refractivity contribution in [2.75, 3.05) is 0 Å². The van der Waals surface area contributed by atoms with Gasteiger partial charge < -0.3 is 4.42 Å². The first-order chi connectivity index (χ1) is 30.9. The van der Waals surface area contributed by atoms with Gasteiger partial charge in [-0.15, -0.1) is 0 Å². The molecule has 5 heterocycles. The van der Waals surface area contributed by atoms with Crippen molar-refractivity contribution < 1.29 is 13.6 Å². The summed E-state index contributed by atoms with van der Waals surface area (Å²) < 4.78 is 15.1. The number of hydrogen-bond donors (Lipinski definition) is 0. The first-order valence-corrected chi connectivity index (χ1v) is 26.9. The maximum Gasteiger partial charge on any atom is 0.304 e. The minimum atomic E-state index is -1.63. The average Bonchev–Trinajstić information content (AvgIpc) is 3.83. The van der Waals surface area contributed by atoms with E-state index >= 15 is 0 Å². The first-order valence-electron chi connectivity index (χ1n) is 23.4. The molecule has 2 atom stereocenters. The Hall–Kier alpha value is -6.30. The van der Waals surface area contributed by atoms with Gasteiger partial charge in [-0.3, -0.25) is 0 Å². The highest BCUT2D eigenvalue weighted by atomic mass is 28.3. The number of benzene rings is 6. The minimum absolute atomic E-state index is 0.181. The molecule has 11 rings (SSSR count). The molecule has 0 saturated carbocycles. The Bertz CT molecular complexity index is 3310. The molecule has 6 aromatic carbocycles. The van der Waals surface area contributed by atoms with Crippen LogP contribution in [0.5, 0.6) is 0 Å². The third-order valence-electron chi connectivity index (χ3n) is 14.4. The molecular formula is C59H59N3OSi+2. The van der Waals surface area contributed by atoms with Gasteiger partial charge in [0.2, 0.25) is 5.69 Å². The van der Waals surface area contributed by atoms with Crippen LogP contribution in [0.2, 0.25) is 19.6 Å². The standard InChI is InChI=1S/C59H59N3OSi/c1-36(2)49-31-38(5)32-50(37(3)4)57(49)62-53-22-16-15-21-52(53)61-39(6)33-54-46(44-19-13-14-20-45(44)51-30-26-43(35-60(51)54)64(7,8)9)27-23-41-24-29-48-47-28-25-42(40-17-11-10-12-18-40)34-55(47)63-58(48)56(41)59(61)62/h10-22,24-26,28-32,34-37,46,54H,6,23,27,33H2,1-5,7-9H3/q+2. The zero-order valence-electron chi connectivity index (χ0n) is 38.7. The summed E-state index contributed by atoms with van der Waals surface area (Å²) in [5.74, 6) is 2.00. The van der Waals surface area contributed by atoms with Gasteiger partial charge in [-0.2, -0.15) is 13.7 Å². The summed E-state index contributed by atoms with van der Waals surface area (Å²) in [7, 11) is -1.63. The van der Waals surface area contributed by atoms with E-state index in [0.29, 0.717) is 11.8 Å². The van der Waals surface area contributed by atoms with Crippen molar-refractivity contribution >= 4 is 51.9 Å². The number of furan rings is 1. The molecule has 318 valence electrons. The molecule has 0 N–H and O–H groups in total. The zero-order valence-corrected chi connectivity index (χ0v) is 39.7. The van der Waals surface area contributed by atoms with E-state index in [1.807, 2.05) is 0 Å². The number of para-hydroxylation sites is 2. The molecule has 0 fully saturated rings. The molecule has 9 aromatic rings. The molecule has 3 aromatic heterocycles. The largest absolute Gasteiger partial charge is 0.455 e. The first kappa shape index (κ1) is 40.5. The summed E-state index contributed by atoms with van der Waals surface area (Å²) in [6.07, 6.45) is 5.21. The highest BCUT2D eigenvalue weighted by Gasteiger charge is 2.45. The Morgan fingerprint density at radius 3 is 2.19 bits per heavy atom. The summed E-state index contributed by atoms with van der Waals surface area (Å²) in [5.41, 5.74) is 19.5. The van der Waals surface area contributed by atoms with Crippen molar-refractivity contribution in [1.82, 2.24) is 4.57 Å². The van der Waals surface area contributed by atoms with Gasteiger partial charge in [0.1, 0.15) is 22.5 Å². The fourth-order valence-electron chi connectivity index (χ4n) is 11.2. The Balaban J connectivity index is 1.26. The van der Waals surface area contributed by atoms with Gasteiger partial charge in [0.25, 0.3) is 0 Å². The highest BCUT2D eigenvalue weighted by molar-refractivity contribution is 6.88. The third-order valence-corrected chi connectivity index (χ3v) is 16.4. The van der Waals surface area contributed by atoms with E-state index in [9.17, 15) is 0 Å². The van der Waals surface area contributed by atoms with E-state index in [2.05, 4.69) is 208 Å². The Labute approximate surface area is 379 Å². The number of allylic oxidation sites excluding steroid dienone is 1. The smallest absolute Gasteiger partial charge is 0.304 e. The number of rotatable bonds is 5. The summed E-state index contributed by atoms with van der Waals surface area (Å²) >= 11 is 0. The van der Waals surface area contributed by atoms with Crippen LogP contribution in [0.4, 0.5) is 0 Å². The van der Waals surface area contributed by atoms with Crippen molar-refractivity contribution in [1.29, 1.82) is 0 Å². The minimum Gasteiger partial charge on any atom is -0.455 e. The van der Waals surface area contributed by atoms with E-state index in [1.54, 1.807) is 0 Å². The summed E-state index contributed by atoms with van der Waals surface area (Å²) in [5, 5.41) is 3.76. The zero-order chi connectivity index (χ0) is 44.2. The van der Waals surface area contributed by atoms with Crippen molar-refractivity contribution in [2.24, 2.45) is 0 Å². The van der Waals surface area contributed by atoms with Gasteiger partial charge in [0.05, 0.1) is 14.5 Å². The molecule has 0 aliphatic carbocycles. The molecule has 2 unspecified atom stereocenters. The lowest BCUT2D eigenvalue weighted by molar-refractivity contribution is -0.719. The normalized spacial score (nSPS) is 16.2. The monoisotopic (exact) mass is 853 g/mol. The van der Waals surface area contributed by atoms with Crippen LogP contribution in [0, 0.1) is 6.92 Å². The lowest BCUT2D eigenvalue weighted by atomic mass is 9.77. The predicted molar refractivity (Wildman–Crippen MR) is 270 cm³/mol. The van der Waals surface area contributed by atoms with Gasteiger partial charge in [-0.25, -0.2) is 0 Å². The number of aryl methyl sites for hydroxylation is 2. The second-order valence-corrected chi connectivity index (χ2v) is 25.3. The Kier molecular flexibility index (Phi) is 9.59. The van der Waals surface area contributed by atoms with Gasteiger partial charge in [0.15, 0.2) is 28.9 Å². The molecular weight excluding hydrogens is 795 g/mol. The predicted octanol–water partition coefficient (Wildman–Crippen LogP) is 14.4. The van der Waals surface area contributed by atoms with E-state index in [1.165, 1.54) is 61.0 Å². The summed E-state index contributed by atoms with van der Waals surface area (Å²) in [6, 6.07) is 50.2. The number of imidazole rings is 1. The van der Waals surface area contributed by atoms with E-state index in [0.717, 1.165) is 69.4 Å². The van der Waals surface area contributed by atoms with Crippen LogP contribution in [0.1, 0.15) is 92.1 Å². The fourth-order valence-corrected chi connectivity index (χ4v) is 12.3. The molecule has 0 amide bonds. The van der Waals surface area contributed by atoms with Crippen LogP contribution >= 0.6 is 0 Å². The van der Waals surface area contributed by atoms with Crippen LogP contribution < -0.4 is 14.3 Å². The second-order valence-electron chi connectivity index (χ2n) is 20.3. The average molecular weight is 854 g/mol. The molecule has 2 aliphatic heterocycles. The maximum atomic E-state index is 7.33. The SMILES string of the molecule is C=C1CC2C(CCc3ccc4c(oc5cc(-c6ccccc6)ccc54)c3-c3n(-c4c(C(C)C)cc(C)cc4C(C)C)c4ccccc4[n+]31)c1ccccc1-c1ccc([Si](C)(C)C)c[n+]12. The van der Waals surface area contributed by atoms with Crippen molar-refractivity contribution in [2.45, 2.75) is 97.3 Å². The van der Waals surface area contributed by atoms with Crippen molar-refractivity contribution in [3.63, 3.8) is 0 Å². The third kappa shape index (κ3) is 6.37. The van der Waals surface area contributed by atoms with Crippen LogP contribution in [0.3, 0.4) is 0 Å². The Morgan fingerprint density at radius 2 is 1.44 bits per heavy atom. The van der Waals surface area contributed by atoms with E-state index in [4.69, 9.17) is 11.0 Å². The molecule has 0 radical (unpaired) electrons. The molecule has 0 saturated heterocycles. The topological polar surface area (TPSA) is 25.8 Å². The molecule has 64 heavy (non-hydrogen) atoms. The summed E-state index contributed by atoms with van der Waals surface area (Å²) in [4.78, 5) is 0. The number of hydrogen-bond acceptors (Lipinski definition) is 1. The number of fused-ring (bicyclic) bond motifs is 15. The molecule has 0 bridgehead atoms. The molecule has 2 aliphatic rings. The summed E-state index contributed by atoms with van der Waals surface area (Å²) in [6.45, 7) is 24.2. The van der Waals surface area contributed by atoms with Crippen LogP contribution in [0.25, 0.3) is 78.1 Å². The lowest BCUT2D eigenvalue weighted by Crippen LogP contribution is -2.53. The van der Waals surface area contributed by atoms with Gasteiger partial charge >= 0.3 is 5.82 Å². The van der Waals surface area contributed by atoms with Gasteiger partial charge in [-0.05, 0) is 84.2 Å². The van der Waals surface area contributed by atoms with Crippen LogP contribution in [-0.2, 0) is 6.42 Å². The van der Waals surface area contributed by atoms with E-state index < -0.39 is 8.07 Å². The fraction of sp³-hybridized carbons (Fsp3) is 0.254. The Morgan fingerprint density at radius 1 is 0.734 bits per heavy atom. The second kappa shape index (κ2) is 15.2. The molecule has 0 spiro atoms. The number of pyridine rings is 1. The highest BCUT2D eigenvalue weighted by Crippen LogP contribution is 2.48. The number of nitrogens with zero attached hydrogens (tertiary/aromatic N) is 3. The maximum absolute atomic E-state index is 7.33. The van der Waals surface area contributed by atoms with E-state index in [-0.39, 0.29) is 12.0 Å². The van der Waals surface area contributed by atoms with Crippen LogP contribution in [-0.4, -0.2) is 12.6 Å². The lowest BCUT2D eigenvalue weighted by Gasteiger charge is -2.32. The van der Waals surface area contributed by atoms with Gasteiger partial charge in [-0.1, -0.05) is 157 Å². The molecule has 5 heteroatoms. The van der Waals surface area contributed by atoms with Crippen molar-refractivity contribution in [3.8, 4) is 39.5 Å². The number of aromatic nitrogens is 3.